The Balaban J connectivity index is 3.09. The Kier molecular flexibility index (Phi) is 26.0. The molecule has 0 unspecified atom stereocenters. The molecular formula is C27H56O4. The van der Waals surface area contributed by atoms with Crippen molar-refractivity contribution >= 4 is 0 Å². The fraction of sp³-hybridized carbons (Fsp3) is 1.00. The van der Waals surface area contributed by atoms with Gasteiger partial charge < -0.3 is 20.4 Å². The lowest BCUT2D eigenvalue weighted by atomic mass is 10.0. The minimum atomic E-state index is 0.0974. The number of hydrogen-bond donors (Lipinski definition) is 4. The number of unbranched alkanes of at least 4 members (excludes halogenated alkanes) is 18. The highest BCUT2D eigenvalue weighted by atomic mass is 16.3. The number of aliphatic hydroxyl groups excluding tert-OH is 4. The van der Waals surface area contributed by atoms with Crippen LogP contribution in [0.3, 0.4) is 0 Å². The van der Waals surface area contributed by atoms with Gasteiger partial charge in [0.2, 0.25) is 0 Å². The molecule has 0 aromatic rings. The average molecular weight is 445 g/mol. The van der Waals surface area contributed by atoms with Gasteiger partial charge in [0.15, 0.2) is 0 Å². The number of hydrogen-bond acceptors (Lipinski definition) is 4. The summed E-state index contributed by atoms with van der Waals surface area (Å²) in [5.74, 6) is 0.195. The summed E-state index contributed by atoms with van der Waals surface area (Å²) in [5, 5.41) is 36.2. The van der Waals surface area contributed by atoms with E-state index in [1.165, 1.54) is 109 Å². The number of rotatable bonds is 26. The maximum absolute atomic E-state index is 9.04. The van der Waals surface area contributed by atoms with Crippen molar-refractivity contribution in [1.82, 2.24) is 0 Å². The molecule has 0 spiro atoms. The van der Waals surface area contributed by atoms with Crippen molar-refractivity contribution in [3.63, 3.8) is 0 Å². The van der Waals surface area contributed by atoms with Gasteiger partial charge in [-0.1, -0.05) is 122 Å². The average Bonchev–Trinajstić information content (AvgIpc) is 2.80. The standard InChI is InChI=1S/C27H56O4/c28-22-26(23-29)20-18-16-14-12-10-8-6-4-2-1-3-5-7-9-11-13-15-17-19-21-27(24-30)25-31/h26-31H,1-25H2. The van der Waals surface area contributed by atoms with E-state index in [-0.39, 0.29) is 38.3 Å². The molecule has 0 saturated heterocycles. The minimum absolute atomic E-state index is 0.0974. The molecule has 0 aromatic heterocycles. The van der Waals surface area contributed by atoms with Gasteiger partial charge >= 0.3 is 0 Å². The normalized spacial score (nSPS) is 11.8. The van der Waals surface area contributed by atoms with E-state index in [1.54, 1.807) is 0 Å². The molecule has 0 atom stereocenters. The predicted molar refractivity (Wildman–Crippen MR) is 132 cm³/mol. The second-order valence-corrected chi connectivity index (χ2v) is 9.76. The van der Waals surface area contributed by atoms with Crippen molar-refractivity contribution < 1.29 is 20.4 Å². The van der Waals surface area contributed by atoms with Gasteiger partial charge in [0.1, 0.15) is 0 Å². The van der Waals surface area contributed by atoms with Crippen molar-refractivity contribution in [3.05, 3.63) is 0 Å². The van der Waals surface area contributed by atoms with Crippen molar-refractivity contribution in [1.29, 1.82) is 0 Å². The molecule has 0 heterocycles. The lowest BCUT2D eigenvalue weighted by Gasteiger charge is -2.09. The zero-order chi connectivity index (χ0) is 22.8. The molecule has 0 aliphatic heterocycles. The number of aliphatic hydroxyl groups is 4. The molecule has 31 heavy (non-hydrogen) atoms. The van der Waals surface area contributed by atoms with Gasteiger partial charge in [0.05, 0.1) is 0 Å². The third-order valence-corrected chi connectivity index (χ3v) is 6.76. The highest BCUT2D eigenvalue weighted by Gasteiger charge is 2.05. The van der Waals surface area contributed by atoms with Crippen LogP contribution in [-0.4, -0.2) is 46.9 Å². The van der Waals surface area contributed by atoms with E-state index in [0.29, 0.717) is 0 Å². The Hall–Kier alpha value is -0.160. The van der Waals surface area contributed by atoms with Crippen LogP contribution in [0.5, 0.6) is 0 Å². The van der Waals surface area contributed by atoms with Crippen LogP contribution in [0.25, 0.3) is 0 Å². The van der Waals surface area contributed by atoms with E-state index in [2.05, 4.69) is 0 Å². The van der Waals surface area contributed by atoms with E-state index in [9.17, 15) is 0 Å². The first-order chi connectivity index (χ1) is 15.3. The van der Waals surface area contributed by atoms with Gasteiger partial charge in [0, 0.05) is 38.3 Å². The van der Waals surface area contributed by atoms with Crippen LogP contribution in [-0.2, 0) is 0 Å². The molecule has 4 nitrogen and oxygen atoms in total. The van der Waals surface area contributed by atoms with Crippen molar-refractivity contribution in [2.45, 2.75) is 135 Å². The van der Waals surface area contributed by atoms with Crippen LogP contribution < -0.4 is 0 Å². The Morgan fingerprint density at radius 3 is 0.581 bits per heavy atom. The first kappa shape index (κ1) is 30.8. The van der Waals surface area contributed by atoms with E-state index in [0.717, 1.165) is 25.7 Å². The molecule has 0 amide bonds. The third kappa shape index (κ3) is 22.8. The molecule has 0 radical (unpaired) electrons. The zero-order valence-corrected chi connectivity index (χ0v) is 20.6. The quantitative estimate of drug-likeness (QED) is 0.117. The van der Waals surface area contributed by atoms with Crippen LogP contribution >= 0.6 is 0 Å². The van der Waals surface area contributed by atoms with Crippen molar-refractivity contribution in [3.8, 4) is 0 Å². The van der Waals surface area contributed by atoms with Gasteiger partial charge in [-0.05, 0) is 12.8 Å². The highest BCUT2D eigenvalue weighted by molar-refractivity contribution is 4.57. The molecule has 0 aliphatic rings. The SMILES string of the molecule is OCC(CO)CCCCCCCCCCCCCCCCCCCCCC(CO)CO. The van der Waals surface area contributed by atoms with Crippen LogP contribution in [0.2, 0.25) is 0 Å². The van der Waals surface area contributed by atoms with E-state index >= 15 is 0 Å². The van der Waals surface area contributed by atoms with Crippen molar-refractivity contribution in [2.24, 2.45) is 11.8 Å². The smallest absolute Gasteiger partial charge is 0.0481 e. The summed E-state index contributed by atoms with van der Waals surface area (Å²) in [6.45, 7) is 0.490. The molecule has 0 aromatic carbocycles. The lowest BCUT2D eigenvalue weighted by Crippen LogP contribution is -2.10. The molecule has 0 fully saturated rings. The molecule has 0 bridgehead atoms. The second kappa shape index (κ2) is 26.1. The Morgan fingerprint density at radius 2 is 0.419 bits per heavy atom. The zero-order valence-electron chi connectivity index (χ0n) is 20.6. The van der Waals surface area contributed by atoms with E-state index < -0.39 is 0 Å². The van der Waals surface area contributed by atoms with E-state index in [4.69, 9.17) is 20.4 Å². The molecule has 0 aliphatic carbocycles. The van der Waals surface area contributed by atoms with Crippen LogP contribution in [0, 0.1) is 11.8 Å². The molecule has 188 valence electrons. The van der Waals surface area contributed by atoms with Gasteiger partial charge in [-0.15, -0.1) is 0 Å². The van der Waals surface area contributed by atoms with E-state index in [1.807, 2.05) is 0 Å². The fourth-order valence-electron chi connectivity index (χ4n) is 4.35. The first-order valence-electron chi connectivity index (χ1n) is 13.7. The molecule has 4 N–H and O–H groups in total. The lowest BCUT2D eigenvalue weighted by molar-refractivity contribution is 0.141. The van der Waals surface area contributed by atoms with Gasteiger partial charge in [-0.25, -0.2) is 0 Å². The predicted octanol–water partition coefficient (Wildman–Crippen LogP) is 6.38. The molecular weight excluding hydrogens is 388 g/mol. The highest BCUT2D eigenvalue weighted by Crippen LogP contribution is 2.16. The van der Waals surface area contributed by atoms with Crippen LogP contribution in [0.1, 0.15) is 135 Å². The van der Waals surface area contributed by atoms with Crippen LogP contribution in [0.4, 0.5) is 0 Å². The molecule has 4 heteroatoms. The monoisotopic (exact) mass is 444 g/mol. The summed E-state index contributed by atoms with van der Waals surface area (Å²) in [6.07, 6.45) is 27.3. The second-order valence-electron chi connectivity index (χ2n) is 9.76. The summed E-state index contributed by atoms with van der Waals surface area (Å²) in [5.41, 5.74) is 0. The summed E-state index contributed by atoms with van der Waals surface area (Å²) in [4.78, 5) is 0. The molecule has 0 saturated carbocycles. The fourth-order valence-corrected chi connectivity index (χ4v) is 4.35. The van der Waals surface area contributed by atoms with Crippen LogP contribution in [0.15, 0.2) is 0 Å². The summed E-state index contributed by atoms with van der Waals surface area (Å²) in [7, 11) is 0. The van der Waals surface area contributed by atoms with Gasteiger partial charge in [-0.2, -0.15) is 0 Å². The Labute approximate surface area is 193 Å². The largest absolute Gasteiger partial charge is 0.396 e. The Bertz CT molecular complexity index is 286. The van der Waals surface area contributed by atoms with Crippen molar-refractivity contribution in [2.75, 3.05) is 26.4 Å². The molecule has 0 rings (SSSR count). The maximum Gasteiger partial charge on any atom is 0.0481 e. The third-order valence-electron chi connectivity index (χ3n) is 6.76. The Morgan fingerprint density at radius 1 is 0.258 bits per heavy atom. The summed E-state index contributed by atoms with van der Waals surface area (Å²) in [6, 6.07) is 0. The first-order valence-corrected chi connectivity index (χ1v) is 13.7. The summed E-state index contributed by atoms with van der Waals surface area (Å²) < 4.78 is 0. The topological polar surface area (TPSA) is 80.9 Å². The van der Waals surface area contributed by atoms with Gasteiger partial charge in [-0.3, -0.25) is 0 Å². The summed E-state index contributed by atoms with van der Waals surface area (Å²) >= 11 is 0. The maximum atomic E-state index is 9.04. The minimum Gasteiger partial charge on any atom is -0.396 e. The van der Waals surface area contributed by atoms with Gasteiger partial charge in [0.25, 0.3) is 0 Å².